The van der Waals surface area contributed by atoms with Gasteiger partial charge in [0.25, 0.3) is 0 Å². The van der Waals surface area contributed by atoms with Crippen LogP contribution in [-0.2, 0) is 9.59 Å². The first-order chi connectivity index (χ1) is 14.0. The molecule has 30 heavy (non-hydrogen) atoms. The van der Waals surface area contributed by atoms with Gasteiger partial charge in [0, 0.05) is 23.9 Å². The molecule has 3 N–H and O–H groups in total. The molecule has 3 aliphatic rings. The molecule has 5 atom stereocenters. The highest BCUT2D eigenvalue weighted by atomic mass is 127. The van der Waals surface area contributed by atoms with Gasteiger partial charge in [-0.25, -0.2) is 0 Å². The van der Waals surface area contributed by atoms with Crippen molar-refractivity contribution in [2.75, 3.05) is 18.8 Å². The van der Waals surface area contributed by atoms with Crippen molar-refractivity contribution in [1.82, 2.24) is 20.9 Å². The maximum absolute atomic E-state index is 13.3. The fourth-order valence-electron chi connectivity index (χ4n) is 4.10. The fourth-order valence-corrected chi connectivity index (χ4v) is 6.90. The number of hydrogen-bond donors (Lipinski definition) is 3. The standard InChI is InChI=1S/C19H24B3IN4O2S/c1-3-13(8-12-5-7-24-16(12)28)26-11(2)15-9-30-19(23)6-4-14(17(29)27(15)19)25-10-18(20,21)22/h1,12-15,25-26H,2,4-10H2,(H,24,28). The van der Waals surface area contributed by atoms with Crippen LogP contribution in [0, 0.1) is 18.3 Å². The minimum atomic E-state index is -1.38. The summed E-state index contributed by atoms with van der Waals surface area (Å²) in [5.41, 5.74) is 0.696. The molecule has 3 aliphatic heterocycles. The SMILES string of the molecule is [B]C([B])([B])CNC1CCC2(I)SCC(C(=C)NC(C#C)CC3CCNC3=O)N2C1=O. The minimum absolute atomic E-state index is 0.0229. The van der Waals surface area contributed by atoms with Gasteiger partial charge in [-0.05, 0) is 54.8 Å². The maximum atomic E-state index is 13.3. The molecule has 0 aliphatic carbocycles. The van der Waals surface area contributed by atoms with Crippen LogP contribution in [0.2, 0.25) is 5.11 Å². The molecule has 0 spiro atoms. The Bertz CT molecular complexity index is 759. The van der Waals surface area contributed by atoms with Crippen LogP contribution in [0.3, 0.4) is 0 Å². The van der Waals surface area contributed by atoms with Crippen molar-refractivity contribution >= 4 is 69.7 Å². The van der Waals surface area contributed by atoms with Crippen LogP contribution in [0.15, 0.2) is 12.3 Å². The molecule has 3 rings (SSSR count). The number of halogens is 1. The molecule has 154 valence electrons. The summed E-state index contributed by atoms with van der Waals surface area (Å²) in [5.74, 6) is 3.37. The molecule has 11 heteroatoms. The third-order valence-electron chi connectivity index (χ3n) is 5.71. The quantitative estimate of drug-likeness (QED) is 0.135. The van der Waals surface area contributed by atoms with Crippen LogP contribution in [0.4, 0.5) is 0 Å². The number of amides is 2. The number of piperidine rings is 1. The Kier molecular flexibility index (Phi) is 7.51. The number of fused-ring (bicyclic) bond motifs is 1. The summed E-state index contributed by atoms with van der Waals surface area (Å²) in [7, 11) is 16.9. The van der Waals surface area contributed by atoms with Gasteiger partial charge in [0.1, 0.15) is 2.88 Å². The van der Waals surface area contributed by atoms with E-state index in [1.54, 1.807) is 11.8 Å². The summed E-state index contributed by atoms with van der Waals surface area (Å²) >= 11 is 4.09. The number of thioether (sulfide) groups is 1. The van der Waals surface area contributed by atoms with Crippen molar-refractivity contribution in [2.45, 2.75) is 51.8 Å². The Morgan fingerprint density at radius 1 is 1.47 bits per heavy atom. The molecule has 3 fully saturated rings. The van der Waals surface area contributed by atoms with Gasteiger partial charge in [-0.15, -0.1) is 23.3 Å². The highest BCUT2D eigenvalue weighted by Gasteiger charge is 2.53. The second kappa shape index (κ2) is 9.41. The Hall–Kier alpha value is -0.725. The van der Waals surface area contributed by atoms with E-state index < -0.39 is 11.2 Å². The van der Waals surface area contributed by atoms with Crippen LogP contribution < -0.4 is 16.0 Å². The number of carbonyl (C=O) groups is 2. The third-order valence-corrected chi connectivity index (χ3v) is 9.03. The van der Waals surface area contributed by atoms with Gasteiger partial charge in [0.05, 0.1) is 41.7 Å². The molecule has 3 heterocycles. The first-order valence-corrected chi connectivity index (χ1v) is 12.1. The fraction of sp³-hybridized carbons (Fsp3) is 0.684. The van der Waals surface area contributed by atoms with Crippen LogP contribution in [-0.4, -0.2) is 80.1 Å². The second-order valence-corrected chi connectivity index (χ2v) is 12.0. The normalized spacial score (nSPS) is 32.3. The van der Waals surface area contributed by atoms with Crippen LogP contribution in [0.1, 0.15) is 25.7 Å². The lowest BCUT2D eigenvalue weighted by atomic mass is 9.42. The van der Waals surface area contributed by atoms with Gasteiger partial charge in [-0.1, -0.05) is 12.5 Å². The van der Waals surface area contributed by atoms with Crippen molar-refractivity contribution in [3.8, 4) is 12.3 Å². The lowest BCUT2D eigenvalue weighted by Gasteiger charge is -2.44. The number of carbonyl (C=O) groups excluding carboxylic acids is 2. The summed E-state index contributed by atoms with van der Waals surface area (Å²) in [6, 6.07) is -0.917. The predicted octanol–water partition coefficient (Wildman–Crippen LogP) is -0.0183. The Morgan fingerprint density at radius 3 is 2.80 bits per heavy atom. The second-order valence-electron chi connectivity index (χ2n) is 8.21. The van der Waals surface area contributed by atoms with Crippen molar-refractivity contribution in [1.29, 1.82) is 0 Å². The average Bonchev–Trinajstić information content (AvgIpc) is 3.23. The van der Waals surface area contributed by atoms with E-state index in [9.17, 15) is 9.59 Å². The van der Waals surface area contributed by atoms with Crippen molar-refractivity contribution in [3.63, 3.8) is 0 Å². The van der Waals surface area contributed by atoms with Gasteiger partial charge in [-0.2, -0.15) is 0 Å². The number of nitrogens with one attached hydrogen (secondary N) is 3. The lowest BCUT2D eigenvalue weighted by Crippen LogP contribution is -2.60. The summed E-state index contributed by atoms with van der Waals surface area (Å²) in [6.45, 7) is 5.00. The number of rotatable bonds is 8. The zero-order valence-corrected chi connectivity index (χ0v) is 19.8. The Labute approximate surface area is 200 Å². The summed E-state index contributed by atoms with van der Waals surface area (Å²) in [4.78, 5) is 27.1. The lowest BCUT2D eigenvalue weighted by molar-refractivity contribution is -0.138. The van der Waals surface area contributed by atoms with Crippen molar-refractivity contribution in [3.05, 3.63) is 12.3 Å². The van der Waals surface area contributed by atoms with E-state index in [0.717, 1.165) is 18.6 Å². The molecule has 0 aromatic heterocycles. The number of alkyl halides is 1. The van der Waals surface area contributed by atoms with E-state index in [4.69, 9.17) is 30.0 Å². The van der Waals surface area contributed by atoms with Crippen molar-refractivity contribution in [2.24, 2.45) is 5.92 Å². The first kappa shape index (κ1) is 23.9. The van der Waals surface area contributed by atoms with Gasteiger partial charge in [0.15, 0.2) is 0 Å². The van der Waals surface area contributed by atoms with E-state index in [-0.39, 0.29) is 39.2 Å². The van der Waals surface area contributed by atoms with Crippen molar-refractivity contribution < 1.29 is 9.59 Å². The van der Waals surface area contributed by atoms with Gasteiger partial charge < -0.3 is 20.9 Å². The molecule has 0 saturated carbocycles. The Morgan fingerprint density at radius 2 is 2.20 bits per heavy atom. The molecule has 6 radical (unpaired) electrons. The summed E-state index contributed by atoms with van der Waals surface area (Å²) in [6.07, 6.45) is 8.53. The molecule has 0 bridgehead atoms. The van der Waals surface area contributed by atoms with Crippen LogP contribution in [0.25, 0.3) is 0 Å². The molecule has 5 unspecified atom stereocenters. The zero-order valence-electron chi connectivity index (χ0n) is 16.8. The van der Waals surface area contributed by atoms with Crippen LogP contribution in [0.5, 0.6) is 0 Å². The highest BCUT2D eigenvalue weighted by Crippen LogP contribution is 2.51. The molecule has 2 amide bonds. The van der Waals surface area contributed by atoms with Gasteiger partial charge in [-0.3, -0.25) is 9.59 Å². The minimum Gasteiger partial charge on any atom is -0.374 e. The monoisotopic (exact) mass is 532 g/mol. The summed E-state index contributed by atoms with van der Waals surface area (Å²) < 4.78 is -0.329. The third kappa shape index (κ3) is 5.36. The van der Waals surface area contributed by atoms with E-state index in [2.05, 4.69) is 51.0 Å². The maximum Gasteiger partial charge on any atom is 0.242 e. The van der Waals surface area contributed by atoms with Gasteiger partial charge in [0.2, 0.25) is 11.8 Å². The average molecular weight is 532 g/mol. The van der Waals surface area contributed by atoms with Crippen LogP contribution >= 0.6 is 34.4 Å². The van der Waals surface area contributed by atoms with E-state index in [1.807, 2.05) is 4.90 Å². The highest BCUT2D eigenvalue weighted by molar-refractivity contribution is 14.1. The molecule has 6 nitrogen and oxygen atoms in total. The molecular formula is C19H24B3IN4O2S. The first-order valence-electron chi connectivity index (χ1n) is 9.99. The smallest absolute Gasteiger partial charge is 0.242 e. The predicted molar refractivity (Wildman–Crippen MR) is 131 cm³/mol. The molecule has 3 saturated heterocycles. The Balaban J connectivity index is 1.66. The number of terminal acetylenes is 1. The number of nitrogens with zero attached hydrogens (tertiary/aromatic N) is 1. The molecule has 0 aromatic carbocycles. The van der Waals surface area contributed by atoms with E-state index in [1.165, 1.54) is 0 Å². The van der Waals surface area contributed by atoms with E-state index >= 15 is 0 Å². The molecular weight excluding hydrogens is 508 g/mol. The zero-order chi connectivity index (χ0) is 22.1. The molecule has 0 aromatic rings. The topological polar surface area (TPSA) is 73.5 Å². The number of hydrogen-bond acceptors (Lipinski definition) is 5. The summed E-state index contributed by atoms with van der Waals surface area (Å²) in [5, 5.41) is 7.85. The van der Waals surface area contributed by atoms with E-state index in [0.29, 0.717) is 25.1 Å². The largest absolute Gasteiger partial charge is 0.374 e. The van der Waals surface area contributed by atoms with Gasteiger partial charge >= 0.3 is 0 Å².